The molecule has 0 fully saturated rings. The summed E-state index contributed by atoms with van der Waals surface area (Å²) >= 11 is 11.9. The van der Waals surface area contributed by atoms with Crippen LogP contribution in [0, 0.1) is 0 Å². The Kier molecular flexibility index (Phi) is 6.80. The van der Waals surface area contributed by atoms with Gasteiger partial charge in [-0.25, -0.2) is 0 Å². The SMILES string of the molecule is Clc1ccc(OCCCCNCc2cccnc2)c(Cl)c1. The number of ether oxygens (including phenoxy) is 1. The summed E-state index contributed by atoms with van der Waals surface area (Å²) in [5, 5.41) is 4.55. The van der Waals surface area contributed by atoms with Gasteiger partial charge in [-0.05, 0) is 49.2 Å². The fraction of sp³-hybridized carbons (Fsp3) is 0.312. The molecule has 0 aliphatic carbocycles. The van der Waals surface area contributed by atoms with Crippen LogP contribution >= 0.6 is 23.2 Å². The van der Waals surface area contributed by atoms with Gasteiger partial charge in [-0.15, -0.1) is 0 Å². The molecule has 5 heteroatoms. The van der Waals surface area contributed by atoms with Gasteiger partial charge in [0.1, 0.15) is 5.75 Å². The van der Waals surface area contributed by atoms with E-state index >= 15 is 0 Å². The molecular formula is C16H18Cl2N2O. The minimum Gasteiger partial charge on any atom is -0.492 e. The van der Waals surface area contributed by atoms with E-state index in [-0.39, 0.29) is 0 Å². The molecule has 0 saturated heterocycles. The van der Waals surface area contributed by atoms with Crippen molar-refractivity contribution in [1.29, 1.82) is 0 Å². The monoisotopic (exact) mass is 324 g/mol. The highest BCUT2D eigenvalue weighted by molar-refractivity contribution is 6.35. The van der Waals surface area contributed by atoms with Gasteiger partial charge in [0.15, 0.2) is 0 Å². The Bertz CT molecular complexity index is 549. The summed E-state index contributed by atoms with van der Waals surface area (Å²) in [5.74, 6) is 0.685. The van der Waals surface area contributed by atoms with Crippen LogP contribution in [0.5, 0.6) is 5.75 Å². The molecule has 1 aromatic heterocycles. The van der Waals surface area contributed by atoms with Gasteiger partial charge in [0, 0.05) is 24.0 Å². The van der Waals surface area contributed by atoms with Gasteiger partial charge in [0.2, 0.25) is 0 Å². The van der Waals surface area contributed by atoms with Crippen molar-refractivity contribution in [2.75, 3.05) is 13.2 Å². The van der Waals surface area contributed by atoms with Crippen LogP contribution in [-0.2, 0) is 6.54 Å². The molecule has 112 valence electrons. The minimum absolute atomic E-state index is 0.553. The van der Waals surface area contributed by atoms with Crippen LogP contribution < -0.4 is 10.1 Å². The zero-order chi connectivity index (χ0) is 14.9. The van der Waals surface area contributed by atoms with E-state index in [1.165, 1.54) is 5.56 Å². The standard InChI is InChI=1S/C16H18Cl2N2O/c17-14-5-6-16(15(18)10-14)21-9-2-1-7-19-11-13-4-3-8-20-12-13/h3-6,8,10,12,19H,1-2,7,9,11H2. The highest BCUT2D eigenvalue weighted by atomic mass is 35.5. The third-order valence-electron chi connectivity index (χ3n) is 2.95. The first kappa shape index (κ1) is 16.1. The molecule has 2 rings (SSSR count). The quantitative estimate of drug-likeness (QED) is 0.733. The van der Waals surface area contributed by atoms with Crippen molar-refractivity contribution in [1.82, 2.24) is 10.3 Å². The van der Waals surface area contributed by atoms with Gasteiger partial charge in [0.25, 0.3) is 0 Å². The molecule has 0 aliphatic rings. The van der Waals surface area contributed by atoms with E-state index in [1.807, 2.05) is 12.3 Å². The van der Waals surface area contributed by atoms with Crippen molar-refractivity contribution in [2.45, 2.75) is 19.4 Å². The molecule has 3 nitrogen and oxygen atoms in total. The maximum atomic E-state index is 6.03. The molecule has 0 unspecified atom stereocenters. The number of halogens is 2. The zero-order valence-electron chi connectivity index (χ0n) is 11.7. The predicted molar refractivity (Wildman–Crippen MR) is 87.1 cm³/mol. The normalized spacial score (nSPS) is 10.6. The molecular weight excluding hydrogens is 307 g/mol. The van der Waals surface area contributed by atoms with Gasteiger partial charge in [-0.2, -0.15) is 0 Å². The Morgan fingerprint density at radius 1 is 1.14 bits per heavy atom. The molecule has 1 aromatic carbocycles. The third kappa shape index (κ3) is 5.92. The largest absolute Gasteiger partial charge is 0.492 e. The zero-order valence-corrected chi connectivity index (χ0v) is 13.2. The van der Waals surface area contributed by atoms with E-state index in [0.717, 1.165) is 25.9 Å². The molecule has 21 heavy (non-hydrogen) atoms. The Balaban J connectivity index is 1.56. The van der Waals surface area contributed by atoms with Gasteiger partial charge < -0.3 is 10.1 Å². The average molecular weight is 325 g/mol. The lowest BCUT2D eigenvalue weighted by atomic mass is 10.2. The molecule has 0 bridgehead atoms. The van der Waals surface area contributed by atoms with Gasteiger partial charge in [0.05, 0.1) is 11.6 Å². The number of unbranched alkanes of at least 4 members (excludes halogenated alkanes) is 1. The number of nitrogens with zero attached hydrogens (tertiary/aromatic N) is 1. The lowest BCUT2D eigenvalue weighted by Gasteiger charge is -2.08. The van der Waals surface area contributed by atoms with Crippen molar-refractivity contribution < 1.29 is 4.74 Å². The van der Waals surface area contributed by atoms with Crippen molar-refractivity contribution in [3.8, 4) is 5.75 Å². The topological polar surface area (TPSA) is 34.1 Å². The molecule has 1 N–H and O–H groups in total. The first-order chi connectivity index (χ1) is 10.3. The summed E-state index contributed by atoms with van der Waals surface area (Å²) in [5.41, 5.74) is 1.20. The van der Waals surface area contributed by atoms with Crippen LogP contribution in [0.4, 0.5) is 0 Å². The number of pyridine rings is 1. The molecule has 0 aliphatic heterocycles. The van der Waals surface area contributed by atoms with E-state index in [2.05, 4.69) is 16.4 Å². The number of rotatable bonds is 8. The summed E-state index contributed by atoms with van der Waals surface area (Å²) in [6, 6.07) is 9.27. The summed E-state index contributed by atoms with van der Waals surface area (Å²) in [6.07, 6.45) is 5.67. The third-order valence-corrected chi connectivity index (χ3v) is 3.48. The van der Waals surface area contributed by atoms with Crippen LogP contribution in [0.1, 0.15) is 18.4 Å². The Morgan fingerprint density at radius 2 is 2.05 bits per heavy atom. The smallest absolute Gasteiger partial charge is 0.137 e. The summed E-state index contributed by atoms with van der Waals surface area (Å²) in [6.45, 7) is 2.44. The Morgan fingerprint density at radius 3 is 2.81 bits per heavy atom. The van der Waals surface area contributed by atoms with Crippen LogP contribution in [0.25, 0.3) is 0 Å². The lowest BCUT2D eigenvalue weighted by molar-refractivity contribution is 0.306. The van der Waals surface area contributed by atoms with E-state index in [1.54, 1.807) is 24.4 Å². The minimum atomic E-state index is 0.553. The maximum Gasteiger partial charge on any atom is 0.137 e. The van der Waals surface area contributed by atoms with Gasteiger partial charge in [-0.1, -0.05) is 29.3 Å². The summed E-state index contributed by atoms with van der Waals surface area (Å²) < 4.78 is 5.63. The van der Waals surface area contributed by atoms with E-state index in [4.69, 9.17) is 27.9 Å². The lowest BCUT2D eigenvalue weighted by Crippen LogP contribution is -2.15. The van der Waals surface area contributed by atoms with Gasteiger partial charge >= 0.3 is 0 Å². The van der Waals surface area contributed by atoms with Crippen LogP contribution in [0.15, 0.2) is 42.7 Å². The number of nitrogens with one attached hydrogen (secondary N) is 1. The number of aromatic nitrogens is 1. The highest BCUT2D eigenvalue weighted by Gasteiger charge is 2.01. The number of hydrogen-bond acceptors (Lipinski definition) is 3. The predicted octanol–water partition coefficient (Wildman–Crippen LogP) is 4.34. The Labute approximate surface area is 135 Å². The van der Waals surface area contributed by atoms with Crippen molar-refractivity contribution in [3.05, 3.63) is 58.3 Å². The second kappa shape index (κ2) is 8.88. The van der Waals surface area contributed by atoms with Crippen LogP contribution in [0.3, 0.4) is 0 Å². The molecule has 0 atom stereocenters. The number of benzene rings is 1. The molecule has 0 radical (unpaired) electrons. The van der Waals surface area contributed by atoms with E-state index in [9.17, 15) is 0 Å². The fourth-order valence-corrected chi connectivity index (χ4v) is 2.32. The van der Waals surface area contributed by atoms with Crippen LogP contribution in [0.2, 0.25) is 10.0 Å². The highest BCUT2D eigenvalue weighted by Crippen LogP contribution is 2.27. The number of hydrogen-bond donors (Lipinski definition) is 1. The van der Waals surface area contributed by atoms with Gasteiger partial charge in [-0.3, -0.25) is 4.98 Å². The van der Waals surface area contributed by atoms with E-state index in [0.29, 0.717) is 22.4 Å². The molecule has 1 heterocycles. The summed E-state index contributed by atoms with van der Waals surface area (Å²) in [7, 11) is 0. The second-order valence-electron chi connectivity index (χ2n) is 4.67. The molecule has 0 spiro atoms. The van der Waals surface area contributed by atoms with Crippen molar-refractivity contribution in [3.63, 3.8) is 0 Å². The van der Waals surface area contributed by atoms with E-state index < -0.39 is 0 Å². The first-order valence-electron chi connectivity index (χ1n) is 6.93. The second-order valence-corrected chi connectivity index (χ2v) is 5.51. The molecule has 0 amide bonds. The molecule has 0 saturated carbocycles. The maximum absolute atomic E-state index is 6.03. The Hall–Kier alpha value is -1.29. The van der Waals surface area contributed by atoms with Crippen LogP contribution in [-0.4, -0.2) is 18.1 Å². The van der Waals surface area contributed by atoms with Crippen molar-refractivity contribution in [2.24, 2.45) is 0 Å². The summed E-state index contributed by atoms with van der Waals surface area (Å²) in [4.78, 5) is 4.08. The average Bonchev–Trinajstić information content (AvgIpc) is 2.49. The first-order valence-corrected chi connectivity index (χ1v) is 7.69. The fourth-order valence-electron chi connectivity index (χ4n) is 1.86. The van der Waals surface area contributed by atoms with Crippen molar-refractivity contribution >= 4 is 23.2 Å². The molecule has 2 aromatic rings.